The predicted molar refractivity (Wildman–Crippen MR) is 88.6 cm³/mol. The Hall–Kier alpha value is -2.71. The number of nitrogens with one attached hydrogen (secondary N) is 1. The molecule has 1 aliphatic rings. The molecule has 0 aliphatic carbocycles. The third kappa shape index (κ3) is 3.40. The van der Waals surface area contributed by atoms with E-state index in [2.05, 4.69) is 14.7 Å². The van der Waals surface area contributed by atoms with Crippen LogP contribution in [0.15, 0.2) is 63.4 Å². The first kappa shape index (κ1) is 17.1. The quantitative estimate of drug-likeness (QED) is 0.790. The molecule has 1 heterocycles. The largest absolute Gasteiger partial charge is 0.338 e. The number of amides is 2. The first-order valence-corrected chi connectivity index (χ1v) is 8.93. The minimum Gasteiger partial charge on any atom is -0.261 e. The minimum atomic E-state index is -3.88. The van der Waals surface area contributed by atoms with Gasteiger partial charge < -0.3 is 0 Å². The molecule has 0 radical (unpaired) electrons. The maximum atomic E-state index is 12.7. The average Bonchev–Trinajstić information content (AvgIpc) is 2.55. The summed E-state index contributed by atoms with van der Waals surface area (Å²) in [5.41, 5.74) is -0.0412. The van der Waals surface area contributed by atoms with E-state index in [4.69, 9.17) is 0 Å². The second kappa shape index (κ2) is 5.98. The monoisotopic (exact) mass is 357 g/mol. The van der Waals surface area contributed by atoms with Gasteiger partial charge in [0.15, 0.2) is 0 Å². The number of nitrogens with zero attached hydrogens (tertiary/aromatic N) is 2. The smallest absolute Gasteiger partial charge is 0.261 e. The Balaban J connectivity index is 2.01. The molecule has 128 valence electrons. The lowest BCUT2D eigenvalue weighted by molar-refractivity contribution is -0.135. The molecule has 3 rings (SSSR count). The van der Waals surface area contributed by atoms with Gasteiger partial charge in [-0.25, -0.2) is 23.1 Å². The number of hydrogen-bond donors (Lipinski definition) is 1. The van der Waals surface area contributed by atoms with Gasteiger partial charge in [0.2, 0.25) is 10.0 Å². The Kier molecular flexibility index (Phi) is 4.09. The lowest BCUT2D eigenvalue weighted by Gasteiger charge is -2.26. The predicted octanol–water partition coefficient (Wildman–Crippen LogP) is 0.206. The van der Waals surface area contributed by atoms with Crippen LogP contribution < -0.4 is 15.4 Å². The highest BCUT2D eigenvalue weighted by Gasteiger charge is 2.28. The van der Waals surface area contributed by atoms with Gasteiger partial charge in [0.25, 0.3) is 0 Å². The SMILES string of the molecule is CC(C)(NS(=O)(=O)c1ccc2c(c1)=NC(=O)C(=O)N=2)c1ccccc1. The molecule has 0 saturated carbocycles. The molecule has 1 aliphatic heterocycles. The van der Waals surface area contributed by atoms with Crippen LogP contribution in [0.5, 0.6) is 0 Å². The number of carbonyl (C=O) groups is 2. The standard InChI is InChI=1S/C17H15N3O4S/c1-17(2,11-6-4-3-5-7-11)20-25(23,24)12-8-9-13-14(10-12)19-16(22)15(21)18-13/h3-10,20H,1-2H3. The topological polar surface area (TPSA) is 105 Å². The van der Waals surface area contributed by atoms with Crippen LogP contribution in [0.25, 0.3) is 0 Å². The van der Waals surface area contributed by atoms with Gasteiger partial charge in [-0.1, -0.05) is 30.3 Å². The highest BCUT2D eigenvalue weighted by molar-refractivity contribution is 7.89. The first-order valence-electron chi connectivity index (χ1n) is 7.44. The zero-order chi connectivity index (χ0) is 18.2. The summed E-state index contributed by atoms with van der Waals surface area (Å²) in [5.74, 6) is -1.98. The van der Waals surface area contributed by atoms with Gasteiger partial charge >= 0.3 is 11.8 Å². The summed E-state index contributed by atoms with van der Waals surface area (Å²) >= 11 is 0. The van der Waals surface area contributed by atoms with Crippen LogP contribution in [0.1, 0.15) is 19.4 Å². The molecular formula is C17H15N3O4S. The Bertz CT molecular complexity index is 1090. The lowest BCUT2D eigenvalue weighted by atomic mass is 9.96. The molecular weight excluding hydrogens is 342 g/mol. The van der Waals surface area contributed by atoms with E-state index >= 15 is 0 Å². The molecule has 2 aromatic rings. The van der Waals surface area contributed by atoms with E-state index in [0.29, 0.717) is 0 Å². The summed E-state index contributed by atoms with van der Waals surface area (Å²) in [7, 11) is -3.88. The van der Waals surface area contributed by atoms with Crippen molar-refractivity contribution >= 4 is 21.8 Å². The van der Waals surface area contributed by atoms with E-state index in [0.717, 1.165) is 5.56 Å². The van der Waals surface area contributed by atoms with Gasteiger partial charge in [0.1, 0.15) is 0 Å². The molecule has 0 fully saturated rings. The van der Waals surface area contributed by atoms with Crippen molar-refractivity contribution in [1.82, 2.24) is 4.72 Å². The second-order valence-electron chi connectivity index (χ2n) is 6.08. The van der Waals surface area contributed by atoms with E-state index in [-0.39, 0.29) is 15.6 Å². The number of carbonyl (C=O) groups excluding carboxylic acids is 2. The fourth-order valence-electron chi connectivity index (χ4n) is 2.48. The van der Waals surface area contributed by atoms with Crippen molar-refractivity contribution in [3.8, 4) is 0 Å². The minimum absolute atomic E-state index is 0.0589. The van der Waals surface area contributed by atoms with E-state index in [1.165, 1.54) is 18.2 Å². The Labute approximate surface area is 144 Å². The summed E-state index contributed by atoms with van der Waals surface area (Å²) in [6.45, 7) is 3.50. The van der Waals surface area contributed by atoms with Crippen LogP contribution in [0.2, 0.25) is 0 Å². The van der Waals surface area contributed by atoms with Crippen LogP contribution >= 0.6 is 0 Å². The molecule has 1 N–H and O–H groups in total. The molecule has 25 heavy (non-hydrogen) atoms. The Morgan fingerprint density at radius 2 is 1.48 bits per heavy atom. The van der Waals surface area contributed by atoms with Gasteiger partial charge in [-0.3, -0.25) is 9.59 Å². The summed E-state index contributed by atoms with van der Waals surface area (Å²) in [6, 6.07) is 13.1. The first-order chi connectivity index (χ1) is 11.7. The second-order valence-corrected chi connectivity index (χ2v) is 7.76. The average molecular weight is 357 g/mol. The highest BCUT2D eigenvalue weighted by Crippen LogP contribution is 2.22. The van der Waals surface area contributed by atoms with E-state index in [9.17, 15) is 18.0 Å². The zero-order valence-electron chi connectivity index (χ0n) is 13.6. The van der Waals surface area contributed by atoms with Gasteiger partial charge in [-0.05, 0) is 37.6 Å². The maximum Gasteiger partial charge on any atom is 0.338 e. The fourth-order valence-corrected chi connectivity index (χ4v) is 3.90. The van der Waals surface area contributed by atoms with Crippen LogP contribution in [0.4, 0.5) is 0 Å². The third-order valence-electron chi connectivity index (χ3n) is 3.77. The molecule has 0 spiro atoms. The van der Waals surface area contributed by atoms with Gasteiger partial charge in [0.05, 0.1) is 21.1 Å². The van der Waals surface area contributed by atoms with E-state index < -0.39 is 27.4 Å². The summed E-state index contributed by atoms with van der Waals surface area (Å²) in [5, 5.41) is 0.232. The molecule has 0 atom stereocenters. The normalized spacial score (nSPS) is 14.5. The molecule has 0 aromatic heterocycles. The number of fused-ring (bicyclic) bond motifs is 1. The fraction of sp³-hybridized carbons (Fsp3) is 0.176. The summed E-state index contributed by atoms with van der Waals surface area (Å²) in [4.78, 5) is 29.7. The molecule has 0 bridgehead atoms. The molecule has 2 amide bonds. The van der Waals surface area contributed by atoms with Gasteiger partial charge in [0, 0.05) is 0 Å². The lowest BCUT2D eigenvalue weighted by Crippen LogP contribution is -2.42. The van der Waals surface area contributed by atoms with Crippen LogP contribution in [0, 0.1) is 0 Å². The van der Waals surface area contributed by atoms with Gasteiger partial charge in [-0.15, -0.1) is 0 Å². The van der Waals surface area contributed by atoms with E-state index in [1.807, 2.05) is 30.3 Å². The van der Waals surface area contributed by atoms with Crippen molar-refractivity contribution in [3.05, 3.63) is 64.8 Å². The van der Waals surface area contributed by atoms with Crippen LogP contribution in [-0.2, 0) is 25.2 Å². The van der Waals surface area contributed by atoms with Crippen LogP contribution in [-0.4, -0.2) is 20.2 Å². The molecule has 0 saturated heterocycles. The third-order valence-corrected chi connectivity index (χ3v) is 5.42. The van der Waals surface area contributed by atoms with Crippen molar-refractivity contribution in [1.29, 1.82) is 0 Å². The zero-order valence-corrected chi connectivity index (χ0v) is 14.4. The van der Waals surface area contributed by atoms with Crippen LogP contribution in [0.3, 0.4) is 0 Å². The Morgan fingerprint density at radius 3 is 2.12 bits per heavy atom. The van der Waals surface area contributed by atoms with Crippen molar-refractivity contribution in [2.75, 3.05) is 0 Å². The maximum absolute atomic E-state index is 12.7. The Morgan fingerprint density at radius 1 is 0.880 bits per heavy atom. The number of sulfonamides is 1. The number of benzene rings is 2. The van der Waals surface area contributed by atoms with Gasteiger partial charge in [-0.2, -0.15) is 0 Å². The summed E-state index contributed by atoms with van der Waals surface area (Å²) in [6.07, 6.45) is 0. The number of rotatable bonds is 4. The van der Waals surface area contributed by atoms with Crippen molar-refractivity contribution in [2.45, 2.75) is 24.3 Å². The van der Waals surface area contributed by atoms with Crippen molar-refractivity contribution < 1.29 is 18.0 Å². The van der Waals surface area contributed by atoms with E-state index in [1.54, 1.807) is 13.8 Å². The molecule has 8 heteroatoms. The molecule has 0 unspecified atom stereocenters. The van der Waals surface area contributed by atoms with Crippen molar-refractivity contribution in [2.24, 2.45) is 9.98 Å². The van der Waals surface area contributed by atoms with Crippen molar-refractivity contribution in [3.63, 3.8) is 0 Å². The molecule has 2 aromatic carbocycles. The summed E-state index contributed by atoms with van der Waals surface area (Å²) < 4.78 is 28.1. The molecule has 7 nitrogen and oxygen atoms in total. The number of hydrogen-bond acceptors (Lipinski definition) is 4. The highest BCUT2D eigenvalue weighted by atomic mass is 32.2.